The second kappa shape index (κ2) is 5.11. The molecule has 0 nitrogen and oxygen atoms in total. The molecule has 0 aliphatic heterocycles. The lowest BCUT2D eigenvalue weighted by molar-refractivity contribution is 0.233. The van der Waals surface area contributed by atoms with E-state index in [-0.39, 0.29) is 15.9 Å². The summed E-state index contributed by atoms with van der Waals surface area (Å²) in [5.74, 6) is 0.694. The molecular weight excluding hydrogens is 251 g/mol. The van der Waals surface area contributed by atoms with Gasteiger partial charge in [-0.1, -0.05) is 58.6 Å². The summed E-state index contributed by atoms with van der Waals surface area (Å²) in [6.07, 6.45) is 0. The number of hydrogen-bond acceptors (Lipinski definition) is 0. The highest BCUT2D eigenvalue weighted by atomic mass is 14.7. The maximum Gasteiger partial charge on any atom is 0.106 e. The van der Waals surface area contributed by atoms with Crippen LogP contribution in [-0.2, 0) is 0 Å². The maximum absolute atomic E-state index is 2.61. The first kappa shape index (κ1) is 20.8. The molecule has 0 amide bonds. The first-order valence-corrected chi connectivity index (χ1v) is 9.35. The highest BCUT2D eigenvalue weighted by Gasteiger charge is 2.73. The topological polar surface area (TPSA) is 0 Å². The lowest BCUT2D eigenvalue weighted by atomic mass is 9.12. The van der Waals surface area contributed by atoms with Crippen LogP contribution in [0, 0.1) is 5.41 Å². The standard InChI is InChI=1S/C11H33B11/c1-6(2,3)11(21,22)10(20)7(15,5(13)14)8(16,17)4(12)9(10,18)19/h4-5H,12-22H2,1-3H3. The Labute approximate surface area is 150 Å². The summed E-state index contributed by atoms with van der Waals surface area (Å²) in [6.45, 7) is 7.31. The average Bonchev–Trinajstić information content (AvgIpc) is 2.39. The molecule has 1 aliphatic carbocycles. The van der Waals surface area contributed by atoms with E-state index >= 15 is 0 Å². The molecule has 11 heteroatoms. The van der Waals surface area contributed by atoms with Crippen molar-refractivity contribution in [3.63, 3.8) is 0 Å². The molecule has 0 aromatic rings. The largest absolute Gasteiger partial charge is 0.106 e. The second-order valence-electron chi connectivity index (χ2n) is 11.5. The fraction of sp³-hybridized carbons (Fsp3) is 1.00. The molecule has 0 aromatic carbocycles. The minimum Gasteiger partial charge on any atom is -0.0985 e. The third-order valence-corrected chi connectivity index (χ3v) is 10.1. The van der Waals surface area contributed by atoms with Gasteiger partial charge in [-0.05, 0) is 5.41 Å². The lowest BCUT2D eigenvalue weighted by Crippen LogP contribution is -2.54. The average molecular weight is 284 g/mol. The van der Waals surface area contributed by atoms with Crippen LogP contribution < -0.4 is 0 Å². The predicted octanol–water partition coefficient (Wildman–Crippen LogP) is -6.79. The minimum atomic E-state index is 0.241. The Morgan fingerprint density at radius 1 is 0.818 bits per heavy atom. The Bertz CT molecular complexity index is 451. The van der Waals surface area contributed by atoms with Crippen molar-refractivity contribution < 1.29 is 0 Å². The number of hydrogen-bond donors (Lipinski definition) is 0. The van der Waals surface area contributed by atoms with Crippen LogP contribution in [0.3, 0.4) is 0 Å². The molecular formula is C11H33B11. The molecule has 110 valence electrons. The van der Waals surface area contributed by atoms with Crippen molar-refractivity contribution in [2.24, 2.45) is 5.41 Å². The summed E-state index contributed by atoms with van der Waals surface area (Å²) in [7, 11) is 27.8. The van der Waals surface area contributed by atoms with E-state index in [0.29, 0.717) is 27.3 Å². The summed E-state index contributed by atoms with van der Waals surface area (Å²) in [4.78, 5) is 0. The van der Waals surface area contributed by atoms with Crippen LogP contribution in [0.5, 0.6) is 0 Å². The van der Waals surface area contributed by atoms with Crippen LogP contribution in [-0.4, -0.2) is 86.3 Å². The molecule has 1 aliphatic rings. The van der Waals surface area contributed by atoms with E-state index in [0.717, 1.165) is 0 Å². The molecule has 0 radical (unpaired) electrons. The van der Waals surface area contributed by atoms with Crippen molar-refractivity contribution in [1.82, 2.24) is 0 Å². The Balaban J connectivity index is 3.89. The van der Waals surface area contributed by atoms with E-state index in [4.69, 9.17) is 0 Å². The molecule has 0 N–H and O–H groups in total. The van der Waals surface area contributed by atoms with Crippen molar-refractivity contribution in [1.29, 1.82) is 0 Å². The van der Waals surface area contributed by atoms with Gasteiger partial charge in [-0.3, -0.25) is 0 Å². The van der Waals surface area contributed by atoms with Crippen LogP contribution in [0.2, 0.25) is 37.8 Å². The van der Waals surface area contributed by atoms with E-state index in [1.807, 2.05) is 0 Å². The van der Waals surface area contributed by atoms with Gasteiger partial charge in [0.25, 0.3) is 0 Å². The van der Waals surface area contributed by atoms with E-state index in [9.17, 15) is 0 Å². The van der Waals surface area contributed by atoms with Gasteiger partial charge in [0.2, 0.25) is 0 Å². The van der Waals surface area contributed by atoms with Crippen molar-refractivity contribution in [2.75, 3.05) is 0 Å². The fourth-order valence-electron chi connectivity index (χ4n) is 6.62. The van der Waals surface area contributed by atoms with Gasteiger partial charge in [0, 0.05) is 0 Å². The van der Waals surface area contributed by atoms with Crippen LogP contribution in [0.1, 0.15) is 20.8 Å². The Morgan fingerprint density at radius 2 is 1.18 bits per heavy atom. The van der Waals surface area contributed by atoms with Crippen LogP contribution in [0.4, 0.5) is 0 Å². The number of rotatable bonds is 2. The summed E-state index contributed by atoms with van der Waals surface area (Å²) < 4.78 is 0. The molecule has 1 saturated carbocycles. The Hall–Kier alpha value is 0.714. The zero-order valence-electron chi connectivity index (χ0n) is 18.2. The smallest absolute Gasteiger partial charge is 0.0985 e. The van der Waals surface area contributed by atoms with Gasteiger partial charge in [0.1, 0.15) is 23.5 Å². The molecule has 1 fully saturated rings. The highest BCUT2D eigenvalue weighted by molar-refractivity contribution is 6.64. The van der Waals surface area contributed by atoms with Gasteiger partial charge < -0.3 is 0 Å². The van der Waals surface area contributed by atoms with Gasteiger partial charge >= 0.3 is 0 Å². The predicted molar refractivity (Wildman–Crippen MR) is 134 cm³/mol. The quantitative estimate of drug-likeness (QED) is 0.442. The molecule has 0 saturated heterocycles. The Morgan fingerprint density at radius 3 is 1.45 bits per heavy atom. The van der Waals surface area contributed by atoms with Crippen LogP contribution in [0.25, 0.3) is 0 Å². The first-order chi connectivity index (χ1) is 9.35. The third-order valence-electron chi connectivity index (χ3n) is 10.1. The summed E-state index contributed by atoms with van der Waals surface area (Å²) in [6, 6.07) is 0. The van der Waals surface area contributed by atoms with Crippen molar-refractivity contribution in [3.8, 4) is 0 Å². The molecule has 3 atom stereocenters. The van der Waals surface area contributed by atoms with Crippen LogP contribution >= 0.6 is 0 Å². The van der Waals surface area contributed by atoms with Gasteiger partial charge in [-0.25, -0.2) is 0 Å². The molecule has 0 spiro atoms. The molecule has 0 aromatic heterocycles. The highest BCUT2D eigenvalue weighted by Crippen LogP contribution is 2.91. The molecule has 1 rings (SSSR count). The normalized spacial score (nSPS) is 38.1. The zero-order valence-corrected chi connectivity index (χ0v) is 18.2. The monoisotopic (exact) mass is 286 g/mol. The van der Waals surface area contributed by atoms with Crippen molar-refractivity contribution >= 4 is 86.3 Å². The third kappa shape index (κ3) is 1.98. The minimum absolute atomic E-state index is 0.241. The van der Waals surface area contributed by atoms with Gasteiger partial charge in [0.05, 0.1) is 62.8 Å². The van der Waals surface area contributed by atoms with E-state index in [1.54, 1.807) is 0 Å². The van der Waals surface area contributed by atoms with Gasteiger partial charge in [-0.15, -0.1) is 0 Å². The summed E-state index contributed by atoms with van der Waals surface area (Å²) in [5.41, 5.74) is 0.938. The van der Waals surface area contributed by atoms with Crippen molar-refractivity contribution in [3.05, 3.63) is 0 Å². The lowest BCUT2D eigenvalue weighted by Gasteiger charge is -2.67. The molecule has 3 unspecified atom stereocenters. The molecule has 22 heavy (non-hydrogen) atoms. The summed E-state index contributed by atoms with van der Waals surface area (Å²) >= 11 is 0. The molecule has 0 bridgehead atoms. The van der Waals surface area contributed by atoms with E-state index in [1.165, 1.54) is 0 Å². The molecule has 0 heterocycles. The van der Waals surface area contributed by atoms with Gasteiger partial charge in [0.15, 0.2) is 0 Å². The van der Waals surface area contributed by atoms with Crippen molar-refractivity contribution in [2.45, 2.75) is 58.6 Å². The van der Waals surface area contributed by atoms with Crippen LogP contribution in [0.15, 0.2) is 0 Å². The maximum atomic E-state index is 2.61. The van der Waals surface area contributed by atoms with Gasteiger partial charge in [-0.2, -0.15) is 0 Å². The Kier molecular flexibility index (Phi) is 4.82. The summed E-state index contributed by atoms with van der Waals surface area (Å²) in [5, 5.41) is 1.40. The first-order valence-electron chi connectivity index (χ1n) is 9.35. The zero-order chi connectivity index (χ0) is 18.2. The second-order valence-corrected chi connectivity index (χ2v) is 11.5. The fourth-order valence-corrected chi connectivity index (χ4v) is 6.62. The SMILES string of the molecule is BC1C(B)(B)C(B)(C(B)B)C(B)(C(B)(B)C(C)(C)C)C1(B)B. The van der Waals surface area contributed by atoms with E-state index < -0.39 is 0 Å². The van der Waals surface area contributed by atoms with E-state index in [2.05, 4.69) is 107 Å².